The number of benzene rings is 1. The summed E-state index contributed by atoms with van der Waals surface area (Å²) < 4.78 is 5.56. The molecule has 0 aliphatic heterocycles. The van der Waals surface area contributed by atoms with Crippen molar-refractivity contribution in [3.8, 4) is 5.75 Å². The minimum atomic E-state index is 0.140. The van der Waals surface area contributed by atoms with Crippen molar-refractivity contribution < 1.29 is 9.84 Å². The van der Waals surface area contributed by atoms with Gasteiger partial charge in [0.1, 0.15) is 5.75 Å². The molecule has 2 nitrogen and oxygen atoms in total. The molecule has 0 saturated heterocycles. The van der Waals surface area contributed by atoms with Gasteiger partial charge in [-0.05, 0) is 37.1 Å². The molecule has 0 radical (unpaired) electrons. The lowest BCUT2D eigenvalue weighted by atomic mass is 10.1. The molecule has 0 unspecified atom stereocenters. The monoisotopic (exact) mass is 240 g/mol. The normalized spacial score (nSPS) is 12.1. The molecule has 1 aromatic carbocycles. The third-order valence-electron chi connectivity index (χ3n) is 2.34. The van der Waals surface area contributed by atoms with Gasteiger partial charge in [0.05, 0.1) is 6.61 Å². The average Bonchev–Trinajstić information content (AvgIpc) is 2.32. The summed E-state index contributed by atoms with van der Waals surface area (Å²) in [7, 11) is 0. The fraction of sp³-hybridized carbons (Fsp3) is 0.385. The molecule has 0 aliphatic carbocycles. The standard InChI is InChI=1S/C13H17ClO2/c1-2-3-4-11(9-15)10-16-13-7-5-12(14)6-8-13/h2,5-8,11,15H,1,3-4,9-10H2/t11-/m0/s1. The summed E-state index contributed by atoms with van der Waals surface area (Å²) in [6.45, 7) is 4.32. The van der Waals surface area contributed by atoms with Gasteiger partial charge in [0.25, 0.3) is 0 Å². The summed E-state index contributed by atoms with van der Waals surface area (Å²) in [5.74, 6) is 0.940. The third kappa shape index (κ3) is 4.69. The Balaban J connectivity index is 2.36. The van der Waals surface area contributed by atoms with E-state index in [1.165, 1.54) is 0 Å². The van der Waals surface area contributed by atoms with Crippen LogP contribution in [0.25, 0.3) is 0 Å². The first kappa shape index (κ1) is 13.1. The highest BCUT2D eigenvalue weighted by atomic mass is 35.5. The Morgan fingerprint density at radius 3 is 2.62 bits per heavy atom. The highest BCUT2D eigenvalue weighted by molar-refractivity contribution is 6.30. The van der Waals surface area contributed by atoms with Crippen molar-refractivity contribution in [2.24, 2.45) is 5.92 Å². The Labute approximate surface area is 102 Å². The zero-order valence-electron chi connectivity index (χ0n) is 9.23. The second-order valence-corrected chi connectivity index (χ2v) is 4.12. The quantitative estimate of drug-likeness (QED) is 0.741. The molecule has 0 bridgehead atoms. The minimum absolute atomic E-state index is 0.140. The summed E-state index contributed by atoms with van der Waals surface area (Å²) in [5.41, 5.74) is 0. The molecule has 1 rings (SSSR count). The van der Waals surface area contributed by atoms with E-state index in [-0.39, 0.29) is 12.5 Å². The SMILES string of the molecule is C=CCC[C@@H](CO)COc1ccc(Cl)cc1. The van der Waals surface area contributed by atoms with Gasteiger partial charge in [-0.25, -0.2) is 0 Å². The lowest BCUT2D eigenvalue weighted by molar-refractivity contribution is 0.157. The van der Waals surface area contributed by atoms with Crippen LogP contribution in [0.1, 0.15) is 12.8 Å². The van der Waals surface area contributed by atoms with Crippen LogP contribution in [0.15, 0.2) is 36.9 Å². The Bertz CT molecular complexity index is 308. The Kier molecular flexibility index (Phi) is 5.98. The molecule has 0 fully saturated rings. The van der Waals surface area contributed by atoms with Crippen LogP contribution in [-0.4, -0.2) is 18.3 Å². The second-order valence-electron chi connectivity index (χ2n) is 3.68. The molecular formula is C13H17ClO2. The van der Waals surface area contributed by atoms with E-state index in [1.54, 1.807) is 12.1 Å². The van der Waals surface area contributed by atoms with Crippen molar-refractivity contribution in [3.05, 3.63) is 41.9 Å². The molecule has 16 heavy (non-hydrogen) atoms. The van der Waals surface area contributed by atoms with Crippen molar-refractivity contribution in [1.29, 1.82) is 0 Å². The van der Waals surface area contributed by atoms with E-state index in [1.807, 2.05) is 18.2 Å². The fourth-order valence-corrected chi connectivity index (χ4v) is 1.45. The van der Waals surface area contributed by atoms with Gasteiger partial charge in [0, 0.05) is 17.5 Å². The number of aliphatic hydroxyl groups is 1. The van der Waals surface area contributed by atoms with Crippen LogP contribution in [0, 0.1) is 5.92 Å². The molecule has 0 aromatic heterocycles. The highest BCUT2D eigenvalue weighted by Crippen LogP contribution is 2.17. The van der Waals surface area contributed by atoms with Crippen LogP contribution in [0.5, 0.6) is 5.75 Å². The van der Waals surface area contributed by atoms with Crippen LogP contribution in [-0.2, 0) is 0 Å². The molecule has 88 valence electrons. The van der Waals surface area contributed by atoms with Gasteiger partial charge in [-0.3, -0.25) is 0 Å². The fourth-order valence-electron chi connectivity index (χ4n) is 1.33. The molecule has 0 amide bonds. The van der Waals surface area contributed by atoms with Crippen molar-refractivity contribution in [3.63, 3.8) is 0 Å². The van der Waals surface area contributed by atoms with Crippen LogP contribution in [0.2, 0.25) is 5.02 Å². The summed E-state index contributed by atoms with van der Waals surface area (Å²) in [5, 5.41) is 9.83. The summed E-state index contributed by atoms with van der Waals surface area (Å²) >= 11 is 5.76. The molecular weight excluding hydrogens is 224 g/mol. The summed E-state index contributed by atoms with van der Waals surface area (Å²) in [6.07, 6.45) is 3.65. The summed E-state index contributed by atoms with van der Waals surface area (Å²) in [6, 6.07) is 7.22. The Morgan fingerprint density at radius 1 is 1.38 bits per heavy atom. The molecule has 3 heteroatoms. The predicted molar refractivity (Wildman–Crippen MR) is 67.0 cm³/mol. The zero-order chi connectivity index (χ0) is 11.8. The van der Waals surface area contributed by atoms with Crippen LogP contribution < -0.4 is 4.74 Å². The zero-order valence-corrected chi connectivity index (χ0v) is 9.99. The van der Waals surface area contributed by atoms with E-state index in [0.717, 1.165) is 18.6 Å². The van der Waals surface area contributed by atoms with Crippen molar-refractivity contribution in [2.75, 3.05) is 13.2 Å². The number of hydrogen-bond donors (Lipinski definition) is 1. The topological polar surface area (TPSA) is 29.5 Å². The van der Waals surface area contributed by atoms with E-state index in [4.69, 9.17) is 21.4 Å². The highest BCUT2D eigenvalue weighted by Gasteiger charge is 2.07. The molecule has 0 spiro atoms. The molecule has 1 aromatic rings. The molecule has 1 N–H and O–H groups in total. The first-order chi connectivity index (χ1) is 7.76. The van der Waals surface area contributed by atoms with Crippen molar-refractivity contribution >= 4 is 11.6 Å². The number of hydrogen-bond acceptors (Lipinski definition) is 2. The van der Waals surface area contributed by atoms with Gasteiger partial charge >= 0.3 is 0 Å². The van der Waals surface area contributed by atoms with E-state index in [2.05, 4.69) is 6.58 Å². The summed E-state index contributed by atoms with van der Waals surface area (Å²) in [4.78, 5) is 0. The van der Waals surface area contributed by atoms with E-state index in [9.17, 15) is 0 Å². The number of halogens is 1. The number of rotatable bonds is 7. The molecule has 1 atom stereocenters. The van der Waals surface area contributed by atoms with Gasteiger partial charge in [-0.2, -0.15) is 0 Å². The van der Waals surface area contributed by atoms with Crippen molar-refractivity contribution in [1.82, 2.24) is 0 Å². The van der Waals surface area contributed by atoms with Gasteiger partial charge in [-0.15, -0.1) is 6.58 Å². The largest absolute Gasteiger partial charge is 0.493 e. The van der Waals surface area contributed by atoms with Crippen LogP contribution >= 0.6 is 11.6 Å². The van der Waals surface area contributed by atoms with Crippen LogP contribution in [0.4, 0.5) is 0 Å². The van der Waals surface area contributed by atoms with Gasteiger partial charge in [-0.1, -0.05) is 17.7 Å². The van der Waals surface area contributed by atoms with Gasteiger partial charge in [0.2, 0.25) is 0 Å². The lowest BCUT2D eigenvalue weighted by Crippen LogP contribution is -2.15. The number of aliphatic hydroxyl groups excluding tert-OH is 1. The third-order valence-corrected chi connectivity index (χ3v) is 2.59. The number of allylic oxidation sites excluding steroid dienone is 1. The lowest BCUT2D eigenvalue weighted by Gasteiger charge is -2.14. The van der Waals surface area contributed by atoms with Gasteiger partial charge in [0.15, 0.2) is 0 Å². The maximum atomic E-state index is 9.14. The predicted octanol–water partition coefficient (Wildman–Crippen LogP) is 3.29. The first-order valence-electron chi connectivity index (χ1n) is 5.36. The van der Waals surface area contributed by atoms with E-state index in [0.29, 0.717) is 11.6 Å². The van der Waals surface area contributed by atoms with Gasteiger partial charge < -0.3 is 9.84 Å². The average molecular weight is 241 g/mol. The van der Waals surface area contributed by atoms with Crippen molar-refractivity contribution in [2.45, 2.75) is 12.8 Å². The maximum Gasteiger partial charge on any atom is 0.119 e. The van der Waals surface area contributed by atoms with E-state index < -0.39 is 0 Å². The minimum Gasteiger partial charge on any atom is -0.493 e. The van der Waals surface area contributed by atoms with Crippen LogP contribution in [0.3, 0.4) is 0 Å². The Hall–Kier alpha value is -0.990. The molecule has 0 heterocycles. The second kappa shape index (κ2) is 7.31. The van der Waals surface area contributed by atoms with E-state index >= 15 is 0 Å². The smallest absolute Gasteiger partial charge is 0.119 e. The molecule has 0 aliphatic rings. The Morgan fingerprint density at radius 2 is 2.06 bits per heavy atom. The maximum absolute atomic E-state index is 9.14. The number of ether oxygens (including phenoxy) is 1. The first-order valence-corrected chi connectivity index (χ1v) is 5.74. The molecule has 0 saturated carbocycles.